The highest BCUT2D eigenvalue weighted by atomic mass is 79.9. The van der Waals surface area contributed by atoms with Crippen molar-refractivity contribution in [3.63, 3.8) is 0 Å². The number of rotatable bonds is 2. The Labute approximate surface area is 110 Å². The van der Waals surface area contributed by atoms with E-state index in [0.29, 0.717) is 10.1 Å². The molecular formula is C11H7BrFN3S. The van der Waals surface area contributed by atoms with E-state index < -0.39 is 5.82 Å². The first kappa shape index (κ1) is 12.1. The number of benzene rings is 1. The van der Waals surface area contributed by atoms with Gasteiger partial charge in [-0.05, 0) is 39.8 Å². The maximum absolute atomic E-state index is 13.9. The largest absolute Gasteiger partial charge is 0.329 e. The van der Waals surface area contributed by atoms with E-state index in [1.165, 1.54) is 11.8 Å². The zero-order chi connectivity index (χ0) is 12.4. The molecule has 3 nitrogen and oxygen atoms in total. The highest BCUT2D eigenvalue weighted by Gasteiger charge is 2.13. The molecule has 0 bridgehead atoms. The Kier molecular flexibility index (Phi) is 3.50. The van der Waals surface area contributed by atoms with E-state index in [9.17, 15) is 4.39 Å². The van der Waals surface area contributed by atoms with E-state index in [4.69, 9.17) is 5.26 Å². The van der Waals surface area contributed by atoms with E-state index >= 15 is 0 Å². The molecular weight excluding hydrogens is 305 g/mol. The van der Waals surface area contributed by atoms with E-state index in [1.54, 1.807) is 29.1 Å². The lowest BCUT2D eigenvalue weighted by Gasteiger charge is -2.05. The molecule has 2 rings (SSSR count). The van der Waals surface area contributed by atoms with Crippen molar-refractivity contribution >= 4 is 27.7 Å². The zero-order valence-electron chi connectivity index (χ0n) is 8.82. The molecule has 17 heavy (non-hydrogen) atoms. The van der Waals surface area contributed by atoms with E-state index in [1.807, 2.05) is 13.1 Å². The summed E-state index contributed by atoms with van der Waals surface area (Å²) in [6.45, 7) is 0. The summed E-state index contributed by atoms with van der Waals surface area (Å²) in [5.74, 6) is -0.433. The summed E-state index contributed by atoms with van der Waals surface area (Å²) in [5, 5.41) is 9.46. The highest BCUT2D eigenvalue weighted by molar-refractivity contribution is 9.10. The first-order valence-electron chi connectivity index (χ1n) is 4.66. The molecule has 1 aromatic heterocycles. The van der Waals surface area contributed by atoms with Crippen LogP contribution in [0, 0.1) is 17.1 Å². The molecule has 0 aliphatic rings. The Balaban J connectivity index is 2.39. The van der Waals surface area contributed by atoms with Crippen LogP contribution in [0.4, 0.5) is 4.39 Å². The van der Waals surface area contributed by atoms with Gasteiger partial charge >= 0.3 is 0 Å². The van der Waals surface area contributed by atoms with Crippen LogP contribution >= 0.6 is 27.7 Å². The van der Waals surface area contributed by atoms with Crippen LogP contribution in [0.2, 0.25) is 0 Å². The van der Waals surface area contributed by atoms with Crippen LogP contribution in [0.1, 0.15) is 5.56 Å². The van der Waals surface area contributed by atoms with Gasteiger partial charge in [0.15, 0.2) is 11.0 Å². The molecule has 0 saturated heterocycles. The topological polar surface area (TPSA) is 41.6 Å². The van der Waals surface area contributed by atoms with Gasteiger partial charge in [0.1, 0.15) is 6.07 Å². The van der Waals surface area contributed by atoms with Crippen LogP contribution in [0.5, 0.6) is 0 Å². The van der Waals surface area contributed by atoms with Crippen molar-refractivity contribution in [2.75, 3.05) is 0 Å². The van der Waals surface area contributed by atoms with Crippen molar-refractivity contribution < 1.29 is 4.39 Å². The second-order valence-electron chi connectivity index (χ2n) is 3.27. The fourth-order valence-corrected chi connectivity index (χ4v) is 2.65. The Hall–Kier alpha value is -1.32. The van der Waals surface area contributed by atoms with Crippen molar-refractivity contribution in [1.82, 2.24) is 9.55 Å². The average Bonchev–Trinajstić information content (AvgIpc) is 2.71. The monoisotopic (exact) mass is 311 g/mol. The Morgan fingerprint density at radius 2 is 2.29 bits per heavy atom. The maximum Gasteiger partial charge on any atom is 0.172 e. The fourth-order valence-electron chi connectivity index (χ4n) is 1.25. The number of aromatic nitrogens is 2. The van der Waals surface area contributed by atoms with Crippen LogP contribution in [0.15, 0.2) is 39.1 Å². The Bertz CT molecular complexity index is 603. The van der Waals surface area contributed by atoms with Gasteiger partial charge in [0.05, 0.1) is 14.9 Å². The summed E-state index contributed by atoms with van der Waals surface area (Å²) in [6, 6.07) is 5.08. The van der Waals surface area contributed by atoms with Crippen molar-refractivity contribution in [1.29, 1.82) is 5.26 Å². The summed E-state index contributed by atoms with van der Waals surface area (Å²) in [6.07, 6.45) is 3.44. The van der Waals surface area contributed by atoms with Crippen molar-refractivity contribution in [2.24, 2.45) is 7.05 Å². The number of nitrogens with zero attached hydrogens (tertiary/aromatic N) is 3. The Morgan fingerprint density at radius 1 is 1.53 bits per heavy atom. The standard InChI is InChI=1S/C11H7BrFN3S/c1-16-5-4-15-11(16)17-8-3-2-7(6-14)9(12)10(8)13/h2-5H,1H3. The van der Waals surface area contributed by atoms with Gasteiger partial charge in [0.2, 0.25) is 0 Å². The number of imidazole rings is 1. The molecule has 0 amide bonds. The van der Waals surface area contributed by atoms with Crippen LogP contribution in [0.3, 0.4) is 0 Å². The number of hydrogen-bond acceptors (Lipinski definition) is 3. The lowest BCUT2D eigenvalue weighted by atomic mass is 10.2. The molecule has 0 aliphatic carbocycles. The third-order valence-corrected chi connectivity index (χ3v) is 4.03. The van der Waals surface area contributed by atoms with Crippen LogP contribution in [-0.2, 0) is 7.05 Å². The molecule has 1 heterocycles. The third kappa shape index (κ3) is 2.35. The third-order valence-electron chi connectivity index (χ3n) is 2.15. The normalized spacial score (nSPS) is 10.2. The highest BCUT2D eigenvalue weighted by Crippen LogP contribution is 2.33. The molecule has 0 atom stereocenters. The molecule has 2 aromatic rings. The van der Waals surface area contributed by atoms with Crippen LogP contribution in [-0.4, -0.2) is 9.55 Å². The smallest absolute Gasteiger partial charge is 0.172 e. The summed E-state index contributed by atoms with van der Waals surface area (Å²) >= 11 is 4.29. The lowest BCUT2D eigenvalue weighted by Crippen LogP contribution is -1.92. The molecule has 1 aromatic carbocycles. The molecule has 0 saturated carbocycles. The van der Waals surface area contributed by atoms with Gasteiger partial charge in [-0.3, -0.25) is 0 Å². The van der Waals surface area contributed by atoms with Crippen molar-refractivity contribution in [3.05, 3.63) is 40.4 Å². The molecule has 6 heteroatoms. The zero-order valence-corrected chi connectivity index (χ0v) is 11.2. The minimum Gasteiger partial charge on any atom is -0.329 e. The number of aryl methyl sites for hydroxylation is 1. The van der Waals surface area contributed by atoms with Crippen molar-refractivity contribution in [3.8, 4) is 6.07 Å². The Morgan fingerprint density at radius 3 is 2.88 bits per heavy atom. The summed E-state index contributed by atoms with van der Waals surface area (Å²) in [5.41, 5.74) is 0.284. The first-order chi connectivity index (χ1) is 8.13. The van der Waals surface area contributed by atoms with Gasteiger partial charge in [-0.25, -0.2) is 9.37 Å². The molecule has 0 N–H and O–H groups in total. The minimum atomic E-state index is -0.433. The fraction of sp³-hybridized carbons (Fsp3) is 0.0909. The molecule has 0 radical (unpaired) electrons. The average molecular weight is 312 g/mol. The van der Waals surface area contributed by atoms with Gasteiger partial charge < -0.3 is 4.57 Å². The minimum absolute atomic E-state index is 0.194. The maximum atomic E-state index is 13.9. The number of hydrogen-bond donors (Lipinski definition) is 0. The number of halogens is 2. The van der Waals surface area contributed by atoms with Gasteiger partial charge in [0, 0.05) is 19.4 Å². The molecule has 0 spiro atoms. The molecule has 0 fully saturated rings. The van der Waals surface area contributed by atoms with E-state index in [-0.39, 0.29) is 10.0 Å². The van der Waals surface area contributed by atoms with Gasteiger partial charge in [-0.15, -0.1) is 0 Å². The molecule has 0 unspecified atom stereocenters. The predicted octanol–water partition coefficient (Wildman–Crippen LogP) is 3.34. The molecule has 0 aliphatic heterocycles. The lowest BCUT2D eigenvalue weighted by molar-refractivity contribution is 0.593. The summed E-state index contributed by atoms with van der Waals surface area (Å²) in [7, 11) is 1.84. The second kappa shape index (κ2) is 4.90. The predicted molar refractivity (Wildman–Crippen MR) is 66.1 cm³/mol. The summed E-state index contributed by atoms with van der Waals surface area (Å²) in [4.78, 5) is 4.54. The SMILES string of the molecule is Cn1ccnc1Sc1ccc(C#N)c(Br)c1F. The first-order valence-corrected chi connectivity index (χ1v) is 6.27. The van der Waals surface area contributed by atoms with Gasteiger partial charge in [-0.2, -0.15) is 5.26 Å². The van der Waals surface area contributed by atoms with Gasteiger partial charge in [0.25, 0.3) is 0 Å². The number of nitriles is 1. The van der Waals surface area contributed by atoms with E-state index in [0.717, 1.165) is 0 Å². The molecule has 86 valence electrons. The van der Waals surface area contributed by atoms with Crippen molar-refractivity contribution in [2.45, 2.75) is 10.1 Å². The van der Waals surface area contributed by atoms with Crippen LogP contribution < -0.4 is 0 Å². The van der Waals surface area contributed by atoms with E-state index in [2.05, 4.69) is 20.9 Å². The van der Waals surface area contributed by atoms with Crippen LogP contribution in [0.25, 0.3) is 0 Å². The second-order valence-corrected chi connectivity index (χ2v) is 5.08. The summed E-state index contributed by atoms with van der Waals surface area (Å²) < 4.78 is 15.9. The quantitative estimate of drug-likeness (QED) is 0.854. The van der Waals surface area contributed by atoms with Gasteiger partial charge in [-0.1, -0.05) is 0 Å².